The van der Waals surface area contributed by atoms with Crippen molar-refractivity contribution in [2.24, 2.45) is 0 Å². The molecule has 1 fully saturated rings. The number of ether oxygens (including phenoxy) is 1. The van der Waals surface area contributed by atoms with Crippen LogP contribution >= 0.6 is 0 Å². The number of carbonyl (C=O) groups is 2. The van der Waals surface area contributed by atoms with Gasteiger partial charge in [-0.25, -0.2) is 14.6 Å². The van der Waals surface area contributed by atoms with Crippen LogP contribution in [0.25, 0.3) is 0 Å². The number of hydrogen-bond donors (Lipinski definition) is 2. The van der Waals surface area contributed by atoms with Gasteiger partial charge < -0.3 is 14.7 Å². The molecule has 0 aromatic carbocycles. The Balaban J connectivity index is 2.48. The van der Waals surface area contributed by atoms with Crippen molar-refractivity contribution in [1.29, 1.82) is 0 Å². The first-order valence-electron chi connectivity index (χ1n) is 4.58. The Kier molecular flexibility index (Phi) is 3.87. The van der Waals surface area contributed by atoms with Crippen LogP contribution in [0.2, 0.25) is 0 Å². The maximum Gasteiger partial charge on any atom is 0.334 e. The van der Waals surface area contributed by atoms with Gasteiger partial charge in [0.1, 0.15) is 0 Å². The van der Waals surface area contributed by atoms with Crippen LogP contribution in [0.1, 0.15) is 0 Å². The molecule has 0 saturated carbocycles. The number of carboxylic acid groups (broad SMARTS) is 1. The van der Waals surface area contributed by atoms with E-state index in [4.69, 9.17) is 9.84 Å². The zero-order valence-corrected chi connectivity index (χ0v) is 8.77. The summed E-state index contributed by atoms with van der Waals surface area (Å²) in [6.45, 7) is 0.732. The Morgan fingerprint density at radius 3 is 2.73 bits per heavy atom. The highest BCUT2D eigenvalue weighted by Gasteiger charge is 2.28. The number of aliphatic carboxylic acids is 1. The van der Waals surface area contributed by atoms with Gasteiger partial charge in [0.05, 0.1) is 13.2 Å². The minimum atomic E-state index is -1.04. The fourth-order valence-electron chi connectivity index (χ4n) is 1.25. The molecule has 1 saturated heterocycles. The van der Waals surface area contributed by atoms with Crippen LogP contribution in [0.5, 0.6) is 0 Å². The van der Waals surface area contributed by atoms with E-state index in [1.165, 1.54) is 9.91 Å². The van der Waals surface area contributed by atoms with Crippen LogP contribution in [0.3, 0.4) is 0 Å². The summed E-state index contributed by atoms with van der Waals surface area (Å²) >= 11 is 0. The molecule has 86 valence electrons. The van der Waals surface area contributed by atoms with E-state index >= 15 is 0 Å². The SMILES string of the molecule is CN(C)NC(=O)N1CCOC(C(=O)O)C1. The lowest BCUT2D eigenvalue weighted by Crippen LogP contribution is -2.54. The van der Waals surface area contributed by atoms with Crippen molar-refractivity contribution >= 4 is 12.0 Å². The Labute approximate surface area is 87.6 Å². The second-order valence-electron chi connectivity index (χ2n) is 3.46. The van der Waals surface area contributed by atoms with Crippen molar-refractivity contribution in [1.82, 2.24) is 15.3 Å². The third kappa shape index (κ3) is 3.37. The molecule has 15 heavy (non-hydrogen) atoms. The largest absolute Gasteiger partial charge is 0.479 e. The third-order valence-electron chi connectivity index (χ3n) is 1.95. The molecule has 0 bridgehead atoms. The molecule has 1 heterocycles. The summed E-state index contributed by atoms with van der Waals surface area (Å²) in [6.07, 6.45) is -0.924. The van der Waals surface area contributed by atoms with Gasteiger partial charge in [0.15, 0.2) is 6.10 Å². The van der Waals surface area contributed by atoms with E-state index in [1.807, 2.05) is 0 Å². The molecule has 0 radical (unpaired) electrons. The number of nitrogens with zero attached hydrogens (tertiary/aromatic N) is 2. The third-order valence-corrected chi connectivity index (χ3v) is 1.95. The molecular formula is C8H15N3O4. The summed E-state index contributed by atoms with van der Waals surface area (Å²) in [5.41, 5.74) is 2.54. The van der Waals surface area contributed by atoms with Gasteiger partial charge in [-0.15, -0.1) is 0 Å². The lowest BCUT2D eigenvalue weighted by atomic mass is 10.3. The average molecular weight is 217 g/mol. The van der Waals surface area contributed by atoms with Crippen molar-refractivity contribution in [2.45, 2.75) is 6.10 Å². The predicted molar refractivity (Wildman–Crippen MR) is 51.2 cm³/mol. The molecule has 1 rings (SSSR count). The summed E-state index contributed by atoms with van der Waals surface area (Å²) in [7, 11) is 3.38. The number of amides is 2. The lowest BCUT2D eigenvalue weighted by Gasteiger charge is -2.31. The van der Waals surface area contributed by atoms with Crippen molar-refractivity contribution < 1.29 is 19.4 Å². The zero-order chi connectivity index (χ0) is 11.4. The van der Waals surface area contributed by atoms with Gasteiger partial charge in [-0.1, -0.05) is 0 Å². The highest BCUT2D eigenvalue weighted by Crippen LogP contribution is 2.05. The molecule has 0 aromatic heterocycles. The number of urea groups is 1. The number of hydrogen-bond acceptors (Lipinski definition) is 4. The Morgan fingerprint density at radius 2 is 2.20 bits per heavy atom. The molecule has 1 atom stereocenters. The summed E-state index contributed by atoms with van der Waals surface area (Å²) in [5, 5.41) is 10.2. The molecule has 2 N–H and O–H groups in total. The Hall–Kier alpha value is -1.34. The van der Waals surface area contributed by atoms with Gasteiger partial charge in [-0.3, -0.25) is 5.43 Å². The Morgan fingerprint density at radius 1 is 1.53 bits per heavy atom. The van der Waals surface area contributed by atoms with Crippen LogP contribution in [-0.2, 0) is 9.53 Å². The second-order valence-corrected chi connectivity index (χ2v) is 3.46. The Bertz CT molecular complexity index is 256. The molecule has 7 nitrogen and oxygen atoms in total. The van der Waals surface area contributed by atoms with E-state index in [2.05, 4.69) is 5.43 Å². The zero-order valence-electron chi connectivity index (χ0n) is 8.77. The van der Waals surface area contributed by atoms with Gasteiger partial charge in [-0.05, 0) is 0 Å². The number of carboxylic acids is 1. The monoisotopic (exact) mass is 217 g/mol. The van der Waals surface area contributed by atoms with Crippen LogP contribution in [0.15, 0.2) is 0 Å². The van der Waals surface area contributed by atoms with Crippen LogP contribution in [0, 0.1) is 0 Å². The van der Waals surface area contributed by atoms with Crippen molar-refractivity contribution in [3.05, 3.63) is 0 Å². The van der Waals surface area contributed by atoms with Gasteiger partial charge in [0.25, 0.3) is 0 Å². The number of nitrogens with one attached hydrogen (secondary N) is 1. The minimum absolute atomic E-state index is 0.0784. The van der Waals surface area contributed by atoms with Crippen molar-refractivity contribution in [3.8, 4) is 0 Å². The molecule has 0 aliphatic carbocycles. The van der Waals surface area contributed by atoms with E-state index < -0.39 is 12.1 Å². The quantitative estimate of drug-likeness (QED) is 0.577. The lowest BCUT2D eigenvalue weighted by molar-refractivity contribution is -0.154. The molecule has 1 unspecified atom stereocenters. The first kappa shape index (κ1) is 11.7. The predicted octanol–water partition coefficient (Wildman–Crippen LogP) is -1.04. The normalized spacial score (nSPS) is 21.5. The van der Waals surface area contributed by atoms with Gasteiger partial charge in [-0.2, -0.15) is 0 Å². The molecule has 0 aromatic rings. The number of rotatable bonds is 2. The van der Waals surface area contributed by atoms with E-state index in [1.54, 1.807) is 14.1 Å². The fraction of sp³-hybridized carbons (Fsp3) is 0.750. The maximum atomic E-state index is 11.5. The first-order valence-corrected chi connectivity index (χ1v) is 4.58. The second kappa shape index (κ2) is 4.94. The number of carbonyl (C=O) groups excluding carboxylic acids is 1. The van der Waals surface area contributed by atoms with Crippen molar-refractivity contribution in [2.75, 3.05) is 33.8 Å². The molecular weight excluding hydrogens is 202 g/mol. The van der Waals surface area contributed by atoms with Crippen molar-refractivity contribution in [3.63, 3.8) is 0 Å². The summed E-state index contributed by atoms with van der Waals surface area (Å²) in [6, 6.07) is -0.311. The molecule has 7 heteroatoms. The number of hydrazine groups is 1. The highest BCUT2D eigenvalue weighted by atomic mass is 16.5. The molecule has 1 aliphatic rings. The van der Waals surface area contributed by atoms with Gasteiger partial charge in [0.2, 0.25) is 0 Å². The summed E-state index contributed by atoms with van der Waals surface area (Å²) in [4.78, 5) is 23.6. The van der Waals surface area contributed by atoms with Crippen LogP contribution in [0.4, 0.5) is 4.79 Å². The first-order chi connectivity index (χ1) is 7.00. The number of morpholine rings is 1. The highest BCUT2D eigenvalue weighted by molar-refractivity contribution is 5.77. The maximum absolute atomic E-state index is 11.5. The van der Waals surface area contributed by atoms with Crippen LogP contribution < -0.4 is 5.43 Å². The van der Waals surface area contributed by atoms with Gasteiger partial charge in [0, 0.05) is 20.6 Å². The molecule has 0 spiro atoms. The minimum Gasteiger partial charge on any atom is -0.479 e. The van der Waals surface area contributed by atoms with E-state index in [9.17, 15) is 9.59 Å². The molecule has 1 aliphatic heterocycles. The van der Waals surface area contributed by atoms with E-state index in [-0.39, 0.29) is 19.2 Å². The summed E-state index contributed by atoms with van der Waals surface area (Å²) < 4.78 is 4.99. The topological polar surface area (TPSA) is 82.1 Å². The molecule has 2 amide bonds. The van der Waals surface area contributed by atoms with E-state index in [0.717, 1.165) is 0 Å². The smallest absolute Gasteiger partial charge is 0.334 e. The fourth-order valence-corrected chi connectivity index (χ4v) is 1.25. The average Bonchev–Trinajstić information content (AvgIpc) is 2.17. The van der Waals surface area contributed by atoms with Crippen LogP contribution in [-0.4, -0.2) is 66.9 Å². The summed E-state index contributed by atoms with van der Waals surface area (Å²) in [5.74, 6) is -1.04. The van der Waals surface area contributed by atoms with Gasteiger partial charge >= 0.3 is 12.0 Å². The van der Waals surface area contributed by atoms with E-state index in [0.29, 0.717) is 6.54 Å². The standard InChI is InChI=1S/C8H15N3O4/c1-10(2)9-8(14)11-3-4-15-6(5-11)7(12)13/h6H,3-5H2,1-2H3,(H,9,14)(H,12,13).